The van der Waals surface area contributed by atoms with Gasteiger partial charge in [-0.25, -0.2) is 4.39 Å². The zero-order valence-electron chi connectivity index (χ0n) is 18.3. The molecule has 1 aromatic heterocycles. The van der Waals surface area contributed by atoms with Gasteiger partial charge in [0, 0.05) is 29.4 Å². The highest BCUT2D eigenvalue weighted by atomic mass is 19.1. The van der Waals surface area contributed by atoms with Gasteiger partial charge in [-0.2, -0.15) is 0 Å². The maximum Gasteiger partial charge on any atom is 0.221 e. The topological polar surface area (TPSA) is 63.4 Å². The Morgan fingerprint density at radius 1 is 1.09 bits per heavy atom. The van der Waals surface area contributed by atoms with Crippen LogP contribution in [0, 0.1) is 12.7 Å². The Labute approximate surface area is 191 Å². The van der Waals surface area contributed by atoms with E-state index in [1.165, 1.54) is 6.07 Å². The Morgan fingerprint density at radius 2 is 1.88 bits per heavy atom. The van der Waals surface area contributed by atoms with Crippen molar-refractivity contribution in [2.24, 2.45) is 0 Å². The summed E-state index contributed by atoms with van der Waals surface area (Å²) in [4.78, 5) is 16.3. The van der Waals surface area contributed by atoms with Gasteiger partial charge in [-0.15, -0.1) is 0 Å². The Balaban J connectivity index is 1.35. The van der Waals surface area contributed by atoms with Gasteiger partial charge in [0.2, 0.25) is 5.91 Å². The predicted octanol–water partition coefficient (Wildman–Crippen LogP) is 5.09. The molecule has 2 atom stereocenters. The van der Waals surface area contributed by atoms with Crippen molar-refractivity contribution in [3.05, 3.63) is 95.4 Å². The SMILES string of the molecule is Cc1ccc(F)c(C(CC(=O)NCC2COc3ccccc3O2)c2c[nH]c3ccccc23)c1. The Kier molecular flexibility index (Phi) is 5.73. The van der Waals surface area contributed by atoms with Crippen LogP contribution in [0.15, 0.2) is 72.9 Å². The van der Waals surface area contributed by atoms with Gasteiger partial charge < -0.3 is 19.8 Å². The summed E-state index contributed by atoms with van der Waals surface area (Å²) >= 11 is 0. The number of carbonyl (C=O) groups is 1. The zero-order chi connectivity index (χ0) is 22.8. The van der Waals surface area contributed by atoms with E-state index in [-0.39, 0.29) is 24.2 Å². The molecular weight excluding hydrogens is 419 g/mol. The first-order valence-corrected chi connectivity index (χ1v) is 11.1. The van der Waals surface area contributed by atoms with Crippen LogP contribution in [-0.2, 0) is 4.79 Å². The third-order valence-corrected chi connectivity index (χ3v) is 6.01. The van der Waals surface area contributed by atoms with E-state index in [0.29, 0.717) is 30.2 Å². The summed E-state index contributed by atoms with van der Waals surface area (Å²) in [6.45, 7) is 2.59. The molecular formula is C27H25FN2O3. The number of H-pyrrole nitrogens is 1. The van der Waals surface area contributed by atoms with E-state index in [0.717, 1.165) is 22.0 Å². The lowest BCUT2D eigenvalue weighted by Crippen LogP contribution is -2.41. The number of ether oxygens (including phenoxy) is 2. The minimum Gasteiger partial charge on any atom is -0.486 e. The second-order valence-corrected chi connectivity index (χ2v) is 8.37. The predicted molar refractivity (Wildman–Crippen MR) is 125 cm³/mol. The second-order valence-electron chi connectivity index (χ2n) is 8.37. The fourth-order valence-electron chi connectivity index (χ4n) is 4.35. The molecule has 1 aliphatic rings. The van der Waals surface area contributed by atoms with Crippen molar-refractivity contribution in [1.82, 2.24) is 10.3 Å². The highest BCUT2D eigenvalue weighted by Crippen LogP contribution is 2.35. The molecule has 4 aromatic rings. The number of aromatic amines is 1. The van der Waals surface area contributed by atoms with E-state index >= 15 is 0 Å². The third kappa shape index (κ3) is 4.42. The molecule has 0 fully saturated rings. The average Bonchev–Trinajstić information content (AvgIpc) is 3.27. The fourth-order valence-corrected chi connectivity index (χ4v) is 4.35. The van der Waals surface area contributed by atoms with Crippen molar-refractivity contribution in [3.63, 3.8) is 0 Å². The fraction of sp³-hybridized carbons (Fsp3) is 0.222. The summed E-state index contributed by atoms with van der Waals surface area (Å²) in [5, 5.41) is 3.93. The summed E-state index contributed by atoms with van der Waals surface area (Å²) in [5.41, 5.74) is 3.32. The van der Waals surface area contributed by atoms with E-state index in [1.54, 1.807) is 6.07 Å². The molecule has 2 heterocycles. The molecule has 0 saturated carbocycles. The van der Waals surface area contributed by atoms with Gasteiger partial charge in [-0.1, -0.05) is 48.0 Å². The highest BCUT2D eigenvalue weighted by Gasteiger charge is 2.26. The second kappa shape index (κ2) is 8.98. The molecule has 1 amide bonds. The number of rotatable bonds is 6. The first-order chi connectivity index (χ1) is 16.1. The number of benzene rings is 3. The molecule has 0 spiro atoms. The number of para-hydroxylation sites is 3. The quantitative estimate of drug-likeness (QED) is 0.435. The molecule has 0 radical (unpaired) electrons. The van der Waals surface area contributed by atoms with Gasteiger partial charge in [0.25, 0.3) is 0 Å². The van der Waals surface area contributed by atoms with E-state index in [4.69, 9.17) is 9.47 Å². The van der Waals surface area contributed by atoms with Gasteiger partial charge >= 0.3 is 0 Å². The molecule has 0 aliphatic carbocycles. The maximum absolute atomic E-state index is 14.9. The lowest BCUT2D eigenvalue weighted by Gasteiger charge is -2.27. The Morgan fingerprint density at radius 3 is 2.76 bits per heavy atom. The molecule has 168 valence electrons. The number of halogens is 1. The van der Waals surface area contributed by atoms with Crippen LogP contribution in [-0.4, -0.2) is 30.1 Å². The van der Waals surface area contributed by atoms with Crippen LogP contribution in [0.5, 0.6) is 11.5 Å². The lowest BCUT2D eigenvalue weighted by atomic mass is 9.87. The highest BCUT2D eigenvalue weighted by molar-refractivity contribution is 5.86. The van der Waals surface area contributed by atoms with Crippen LogP contribution in [0.2, 0.25) is 0 Å². The van der Waals surface area contributed by atoms with Crippen LogP contribution in [0.4, 0.5) is 4.39 Å². The van der Waals surface area contributed by atoms with E-state index < -0.39 is 5.92 Å². The van der Waals surface area contributed by atoms with Crippen LogP contribution in [0.3, 0.4) is 0 Å². The molecule has 0 bridgehead atoms. The van der Waals surface area contributed by atoms with Crippen LogP contribution < -0.4 is 14.8 Å². The number of aryl methyl sites for hydroxylation is 1. The summed E-state index contributed by atoms with van der Waals surface area (Å²) < 4.78 is 26.6. The normalized spacial score (nSPS) is 15.9. The average molecular weight is 445 g/mol. The molecule has 6 heteroatoms. The minimum absolute atomic E-state index is 0.117. The molecule has 3 aromatic carbocycles. The summed E-state index contributed by atoms with van der Waals surface area (Å²) in [6, 6.07) is 20.4. The first kappa shape index (κ1) is 21.1. The molecule has 2 N–H and O–H groups in total. The molecule has 33 heavy (non-hydrogen) atoms. The first-order valence-electron chi connectivity index (χ1n) is 11.1. The summed E-state index contributed by atoms with van der Waals surface area (Å²) in [6.07, 6.45) is 1.71. The van der Waals surface area contributed by atoms with Crippen molar-refractivity contribution >= 4 is 16.8 Å². The van der Waals surface area contributed by atoms with Crippen LogP contribution in [0.25, 0.3) is 10.9 Å². The number of hydrogen-bond donors (Lipinski definition) is 2. The van der Waals surface area contributed by atoms with Crippen molar-refractivity contribution in [1.29, 1.82) is 0 Å². The van der Waals surface area contributed by atoms with Gasteiger partial charge in [0.05, 0.1) is 6.54 Å². The Bertz CT molecular complexity index is 1300. The van der Waals surface area contributed by atoms with Gasteiger partial charge in [-0.3, -0.25) is 4.79 Å². The van der Waals surface area contributed by atoms with E-state index in [9.17, 15) is 9.18 Å². The number of fused-ring (bicyclic) bond motifs is 2. The summed E-state index contributed by atoms with van der Waals surface area (Å²) in [5.74, 6) is 0.458. The van der Waals surface area contributed by atoms with Gasteiger partial charge in [0.15, 0.2) is 11.5 Å². The Hall–Kier alpha value is -3.80. The van der Waals surface area contributed by atoms with Crippen molar-refractivity contribution in [2.45, 2.75) is 25.4 Å². The molecule has 2 unspecified atom stereocenters. The standard InChI is InChI=1S/C27H25FN2O3/c1-17-10-11-23(28)21(12-17)20(22-15-29-24-7-3-2-6-19(22)24)13-27(31)30-14-18-16-32-25-8-4-5-9-26(25)33-18/h2-12,15,18,20,29H,13-14,16H2,1H3,(H,30,31). The maximum atomic E-state index is 14.9. The molecule has 5 rings (SSSR count). The van der Waals surface area contributed by atoms with E-state index in [2.05, 4.69) is 10.3 Å². The zero-order valence-corrected chi connectivity index (χ0v) is 18.3. The van der Waals surface area contributed by atoms with E-state index in [1.807, 2.05) is 67.7 Å². The third-order valence-electron chi connectivity index (χ3n) is 6.01. The number of aromatic nitrogens is 1. The molecule has 0 saturated heterocycles. The van der Waals surface area contributed by atoms with Crippen LogP contribution >= 0.6 is 0 Å². The lowest BCUT2D eigenvalue weighted by molar-refractivity contribution is -0.121. The van der Waals surface area contributed by atoms with Crippen molar-refractivity contribution in [2.75, 3.05) is 13.2 Å². The van der Waals surface area contributed by atoms with Crippen LogP contribution in [0.1, 0.15) is 29.0 Å². The summed E-state index contributed by atoms with van der Waals surface area (Å²) in [7, 11) is 0. The minimum atomic E-state index is -0.426. The number of nitrogens with one attached hydrogen (secondary N) is 2. The largest absolute Gasteiger partial charge is 0.486 e. The number of carbonyl (C=O) groups excluding carboxylic acids is 1. The van der Waals surface area contributed by atoms with Gasteiger partial charge in [0.1, 0.15) is 18.5 Å². The van der Waals surface area contributed by atoms with Crippen molar-refractivity contribution < 1.29 is 18.7 Å². The van der Waals surface area contributed by atoms with Crippen molar-refractivity contribution in [3.8, 4) is 11.5 Å². The number of amides is 1. The van der Waals surface area contributed by atoms with Gasteiger partial charge in [-0.05, 0) is 42.3 Å². The number of hydrogen-bond acceptors (Lipinski definition) is 3. The molecule has 1 aliphatic heterocycles. The smallest absolute Gasteiger partial charge is 0.221 e. The monoisotopic (exact) mass is 444 g/mol. The molecule has 5 nitrogen and oxygen atoms in total.